The van der Waals surface area contributed by atoms with E-state index in [0.29, 0.717) is 18.8 Å². The van der Waals surface area contributed by atoms with Gasteiger partial charge in [-0.15, -0.1) is 0 Å². The van der Waals surface area contributed by atoms with E-state index in [2.05, 4.69) is 10.6 Å². The van der Waals surface area contributed by atoms with Crippen molar-refractivity contribution in [3.63, 3.8) is 0 Å². The fourth-order valence-corrected chi connectivity index (χ4v) is 2.24. The summed E-state index contributed by atoms with van der Waals surface area (Å²) in [6.45, 7) is 2.08. The van der Waals surface area contributed by atoms with Gasteiger partial charge in [-0.1, -0.05) is 11.6 Å². The van der Waals surface area contributed by atoms with Gasteiger partial charge in [-0.05, 0) is 18.2 Å². The minimum Gasteiger partial charge on any atom is -0.375 e. The quantitative estimate of drug-likeness (QED) is 0.765. The smallest absolute Gasteiger partial charge is 0.250 e. The molecule has 1 aromatic carbocycles. The number of nitrogens with two attached hydrogens (primary N) is 1. The van der Waals surface area contributed by atoms with E-state index in [1.165, 1.54) is 12.1 Å². The number of anilines is 1. The minimum atomic E-state index is -0.602. The van der Waals surface area contributed by atoms with Gasteiger partial charge in [0.05, 0.1) is 29.7 Å². The molecular formula is C13H16ClN3O3. The molecule has 108 valence electrons. The maximum Gasteiger partial charge on any atom is 0.250 e. The largest absolute Gasteiger partial charge is 0.375 e. The molecule has 1 fully saturated rings. The summed E-state index contributed by atoms with van der Waals surface area (Å²) in [7, 11) is 0. The summed E-state index contributed by atoms with van der Waals surface area (Å²) >= 11 is 5.91. The molecule has 0 radical (unpaired) electrons. The molecule has 7 heteroatoms. The SMILES string of the molecule is NC(=O)c1ccc(NC(=O)CC2CNCCO2)cc1Cl. The number of carbonyl (C=O) groups is 2. The molecule has 1 saturated heterocycles. The Kier molecular flexibility index (Phi) is 4.94. The van der Waals surface area contributed by atoms with Gasteiger partial charge in [0.1, 0.15) is 0 Å². The van der Waals surface area contributed by atoms with E-state index in [-0.39, 0.29) is 29.0 Å². The second-order valence-electron chi connectivity index (χ2n) is 4.51. The van der Waals surface area contributed by atoms with E-state index in [1.54, 1.807) is 6.07 Å². The van der Waals surface area contributed by atoms with E-state index in [9.17, 15) is 9.59 Å². The van der Waals surface area contributed by atoms with Crippen LogP contribution in [0.25, 0.3) is 0 Å². The highest BCUT2D eigenvalue weighted by Crippen LogP contribution is 2.21. The van der Waals surface area contributed by atoms with Crippen molar-refractivity contribution in [1.82, 2.24) is 5.32 Å². The Labute approximate surface area is 121 Å². The number of hydrogen-bond acceptors (Lipinski definition) is 4. The first-order chi connectivity index (χ1) is 9.56. The number of benzene rings is 1. The lowest BCUT2D eigenvalue weighted by molar-refractivity contribution is -0.119. The molecule has 20 heavy (non-hydrogen) atoms. The molecule has 0 aliphatic carbocycles. The van der Waals surface area contributed by atoms with Crippen LogP contribution in [-0.4, -0.2) is 37.6 Å². The van der Waals surface area contributed by atoms with Crippen LogP contribution >= 0.6 is 11.6 Å². The Hall–Kier alpha value is -1.63. The first-order valence-electron chi connectivity index (χ1n) is 6.28. The molecular weight excluding hydrogens is 282 g/mol. The molecule has 2 amide bonds. The number of rotatable bonds is 4. The Bertz CT molecular complexity index is 516. The molecule has 0 spiro atoms. The number of amides is 2. The predicted molar refractivity (Wildman–Crippen MR) is 75.8 cm³/mol. The third-order valence-electron chi connectivity index (χ3n) is 2.94. The average Bonchev–Trinajstić information content (AvgIpc) is 2.39. The van der Waals surface area contributed by atoms with Crippen LogP contribution in [0.4, 0.5) is 5.69 Å². The van der Waals surface area contributed by atoms with Crippen LogP contribution < -0.4 is 16.4 Å². The lowest BCUT2D eigenvalue weighted by atomic mass is 10.2. The van der Waals surface area contributed by atoms with Gasteiger partial charge in [0, 0.05) is 18.8 Å². The molecule has 1 atom stereocenters. The lowest BCUT2D eigenvalue weighted by Crippen LogP contribution is -2.40. The number of morpholine rings is 1. The van der Waals surface area contributed by atoms with Crippen LogP contribution in [0.1, 0.15) is 16.8 Å². The van der Waals surface area contributed by atoms with E-state index in [4.69, 9.17) is 22.1 Å². The van der Waals surface area contributed by atoms with Gasteiger partial charge in [0.15, 0.2) is 0 Å². The van der Waals surface area contributed by atoms with Crippen LogP contribution in [-0.2, 0) is 9.53 Å². The Morgan fingerprint density at radius 1 is 1.50 bits per heavy atom. The standard InChI is InChI=1S/C13H16ClN3O3/c14-11-5-8(1-2-10(11)13(15)19)17-12(18)6-9-7-16-3-4-20-9/h1-2,5,9,16H,3-4,6-7H2,(H2,15,19)(H,17,18). The molecule has 0 saturated carbocycles. The first kappa shape index (κ1) is 14.8. The van der Waals surface area contributed by atoms with Crippen molar-refractivity contribution in [2.24, 2.45) is 5.73 Å². The number of hydrogen-bond donors (Lipinski definition) is 3. The number of ether oxygens (including phenoxy) is 1. The van der Waals surface area contributed by atoms with Crippen molar-refractivity contribution >= 4 is 29.1 Å². The Morgan fingerprint density at radius 2 is 2.30 bits per heavy atom. The summed E-state index contributed by atoms with van der Waals surface area (Å²) in [6, 6.07) is 4.57. The van der Waals surface area contributed by atoms with Crippen molar-refractivity contribution in [2.75, 3.05) is 25.0 Å². The second-order valence-corrected chi connectivity index (χ2v) is 4.92. The van der Waals surface area contributed by atoms with Crippen LogP contribution in [0.2, 0.25) is 5.02 Å². The molecule has 0 bridgehead atoms. The zero-order chi connectivity index (χ0) is 14.5. The summed E-state index contributed by atoms with van der Waals surface area (Å²) in [5.74, 6) is -0.767. The van der Waals surface area contributed by atoms with Gasteiger partial charge in [0.2, 0.25) is 11.8 Å². The average molecular weight is 298 g/mol. The minimum absolute atomic E-state index is 0.121. The molecule has 6 nitrogen and oxygen atoms in total. The highest BCUT2D eigenvalue weighted by atomic mass is 35.5. The molecule has 1 aliphatic rings. The summed E-state index contributed by atoms with van der Waals surface area (Å²) < 4.78 is 5.45. The highest BCUT2D eigenvalue weighted by molar-refractivity contribution is 6.34. The lowest BCUT2D eigenvalue weighted by Gasteiger charge is -2.23. The van der Waals surface area contributed by atoms with Gasteiger partial charge >= 0.3 is 0 Å². The van der Waals surface area contributed by atoms with Crippen molar-refractivity contribution < 1.29 is 14.3 Å². The van der Waals surface area contributed by atoms with E-state index < -0.39 is 5.91 Å². The van der Waals surface area contributed by atoms with Gasteiger partial charge in [-0.2, -0.15) is 0 Å². The van der Waals surface area contributed by atoms with Crippen molar-refractivity contribution in [1.29, 1.82) is 0 Å². The zero-order valence-corrected chi connectivity index (χ0v) is 11.6. The van der Waals surface area contributed by atoms with Gasteiger partial charge in [-0.3, -0.25) is 9.59 Å². The fourth-order valence-electron chi connectivity index (χ4n) is 1.96. The van der Waals surface area contributed by atoms with Gasteiger partial charge in [-0.25, -0.2) is 0 Å². The number of primary amides is 1. The van der Waals surface area contributed by atoms with Crippen molar-refractivity contribution in [2.45, 2.75) is 12.5 Å². The summed E-state index contributed by atoms with van der Waals surface area (Å²) in [5.41, 5.74) is 5.90. The summed E-state index contributed by atoms with van der Waals surface area (Å²) in [4.78, 5) is 22.9. The van der Waals surface area contributed by atoms with Crippen LogP contribution in [0.3, 0.4) is 0 Å². The van der Waals surface area contributed by atoms with Crippen molar-refractivity contribution in [3.05, 3.63) is 28.8 Å². The van der Waals surface area contributed by atoms with E-state index in [0.717, 1.165) is 6.54 Å². The monoisotopic (exact) mass is 297 g/mol. The van der Waals surface area contributed by atoms with Crippen LogP contribution in [0, 0.1) is 0 Å². The summed E-state index contributed by atoms with van der Waals surface area (Å²) in [5, 5.41) is 6.08. The van der Waals surface area contributed by atoms with E-state index >= 15 is 0 Å². The number of nitrogens with one attached hydrogen (secondary N) is 2. The molecule has 1 aliphatic heterocycles. The number of halogens is 1. The maximum absolute atomic E-state index is 11.9. The second kappa shape index (κ2) is 6.69. The van der Waals surface area contributed by atoms with Gasteiger partial charge in [0.25, 0.3) is 0 Å². The van der Waals surface area contributed by atoms with Gasteiger partial charge < -0.3 is 21.1 Å². The van der Waals surface area contributed by atoms with E-state index in [1.807, 2.05) is 0 Å². The molecule has 1 heterocycles. The third-order valence-corrected chi connectivity index (χ3v) is 3.25. The number of carbonyl (C=O) groups excluding carboxylic acids is 2. The van der Waals surface area contributed by atoms with Crippen LogP contribution in [0.5, 0.6) is 0 Å². The van der Waals surface area contributed by atoms with Crippen molar-refractivity contribution in [3.8, 4) is 0 Å². The summed E-state index contributed by atoms with van der Waals surface area (Å²) in [6.07, 6.45) is 0.145. The first-order valence-corrected chi connectivity index (χ1v) is 6.65. The zero-order valence-electron chi connectivity index (χ0n) is 10.8. The molecule has 4 N–H and O–H groups in total. The maximum atomic E-state index is 11.9. The predicted octanol–water partition coefficient (Wildman–Crippen LogP) is 0.756. The normalized spacial score (nSPS) is 18.6. The van der Waals surface area contributed by atoms with Crippen LogP contribution in [0.15, 0.2) is 18.2 Å². The Morgan fingerprint density at radius 3 is 2.90 bits per heavy atom. The molecule has 2 rings (SSSR count). The molecule has 1 unspecified atom stereocenters. The highest BCUT2D eigenvalue weighted by Gasteiger charge is 2.17. The Balaban J connectivity index is 1.93. The molecule has 0 aromatic heterocycles. The third kappa shape index (κ3) is 3.93. The fraction of sp³-hybridized carbons (Fsp3) is 0.385. The molecule has 1 aromatic rings. The topological polar surface area (TPSA) is 93.5 Å².